The van der Waals surface area contributed by atoms with Crippen LogP contribution >= 0.6 is 11.6 Å². The molecule has 3 N–H and O–H groups in total. The van der Waals surface area contributed by atoms with Gasteiger partial charge in [-0.2, -0.15) is 0 Å². The van der Waals surface area contributed by atoms with Crippen molar-refractivity contribution in [3.8, 4) is 0 Å². The lowest BCUT2D eigenvalue weighted by atomic mass is 9.79. The maximum Gasteiger partial charge on any atom is 0.232 e. The topological polar surface area (TPSA) is 93.9 Å². The van der Waals surface area contributed by atoms with E-state index < -0.39 is 16.9 Å². The molecule has 22 heavy (non-hydrogen) atoms. The summed E-state index contributed by atoms with van der Waals surface area (Å²) >= 11 is 6.33. The fourth-order valence-corrected chi connectivity index (χ4v) is 2.80. The quantitative estimate of drug-likeness (QED) is 0.846. The molecule has 2 unspecified atom stereocenters. The predicted octanol–water partition coefficient (Wildman–Crippen LogP) is 1.98. The summed E-state index contributed by atoms with van der Waals surface area (Å²) in [5.74, 6) is -0.527. The molecule has 0 radical (unpaired) electrons. The van der Waals surface area contributed by atoms with Gasteiger partial charge in [0, 0.05) is 18.3 Å². The van der Waals surface area contributed by atoms with Gasteiger partial charge in [-0.3, -0.25) is 9.78 Å². The number of imidazole rings is 1. The number of carbonyl (C=O) groups is 1. The van der Waals surface area contributed by atoms with E-state index >= 15 is 0 Å². The molecule has 2 heterocycles. The molecule has 1 aliphatic rings. The predicted molar refractivity (Wildman–Crippen MR) is 83.0 cm³/mol. The summed E-state index contributed by atoms with van der Waals surface area (Å²) in [6, 6.07) is 1.82. The maximum atomic E-state index is 11.7. The Morgan fingerprint density at radius 3 is 2.82 bits per heavy atom. The molecule has 0 saturated carbocycles. The molecule has 0 bridgehead atoms. The number of nitrogens with two attached hydrogens (primary N) is 1. The summed E-state index contributed by atoms with van der Waals surface area (Å²) in [5.41, 5.74) is 5.50. The number of ether oxygens (including phenoxy) is 1. The second-order valence-electron chi connectivity index (χ2n) is 5.35. The number of rotatable bonds is 3. The van der Waals surface area contributed by atoms with Crippen molar-refractivity contribution >= 4 is 28.5 Å². The van der Waals surface area contributed by atoms with Crippen LogP contribution in [0.4, 0.5) is 0 Å². The van der Waals surface area contributed by atoms with Crippen LogP contribution in [-0.2, 0) is 15.1 Å². The number of nitrogens with zero attached hydrogens (tertiary/aromatic N) is 2. The molecule has 0 saturated heterocycles. The number of aromatic amines is 1. The van der Waals surface area contributed by atoms with Crippen LogP contribution in [0.15, 0.2) is 41.9 Å². The summed E-state index contributed by atoms with van der Waals surface area (Å²) in [7, 11) is 1.55. The summed E-state index contributed by atoms with van der Waals surface area (Å²) in [5, 5.41) is 0.290. The molecule has 0 aliphatic heterocycles. The highest BCUT2D eigenvalue weighted by molar-refractivity contribution is 6.32. The number of pyridine rings is 1. The number of hydrogen-bond acceptors (Lipinski definition) is 4. The molecule has 1 aliphatic carbocycles. The second kappa shape index (κ2) is 4.93. The molecule has 2 atom stereocenters. The minimum Gasteiger partial charge on any atom is -0.369 e. The Morgan fingerprint density at radius 1 is 1.41 bits per heavy atom. The first-order chi connectivity index (χ1) is 10.4. The van der Waals surface area contributed by atoms with E-state index in [9.17, 15) is 4.79 Å². The molecule has 1 amide bonds. The number of H-pyrrole nitrogens is 1. The van der Waals surface area contributed by atoms with Gasteiger partial charge < -0.3 is 15.5 Å². The van der Waals surface area contributed by atoms with E-state index in [4.69, 9.17) is 22.1 Å². The Morgan fingerprint density at radius 2 is 2.18 bits per heavy atom. The Kier molecular flexibility index (Phi) is 3.30. The highest BCUT2D eigenvalue weighted by Gasteiger charge is 2.42. The summed E-state index contributed by atoms with van der Waals surface area (Å²) in [6.07, 6.45) is 8.28. The zero-order chi connectivity index (χ0) is 16.0. The number of aromatic nitrogens is 3. The number of fused-ring (bicyclic) bond motifs is 1. The van der Waals surface area contributed by atoms with Crippen LogP contribution < -0.4 is 5.73 Å². The minimum absolute atomic E-state index is 0.290. The number of hydrogen-bond donors (Lipinski definition) is 2. The van der Waals surface area contributed by atoms with Crippen LogP contribution in [0, 0.1) is 5.41 Å². The maximum absolute atomic E-state index is 11.7. The first-order valence-corrected chi connectivity index (χ1v) is 7.03. The third-order valence-corrected chi connectivity index (χ3v) is 4.56. The Hall–Kier alpha value is -2.18. The van der Waals surface area contributed by atoms with Crippen molar-refractivity contribution in [3.05, 3.63) is 47.5 Å². The van der Waals surface area contributed by atoms with Crippen molar-refractivity contribution in [3.63, 3.8) is 0 Å². The van der Waals surface area contributed by atoms with E-state index in [0.29, 0.717) is 16.2 Å². The molecule has 2 aromatic rings. The number of primary amides is 1. The van der Waals surface area contributed by atoms with E-state index in [2.05, 4.69) is 15.0 Å². The van der Waals surface area contributed by atoms with Crippen LogP contribution in [0.2, 0.25) is 0 Å². The molecular formula is C15H15ClN4O2. The Labute approximate surface area is 132 Å². The summed E-state index contributed by atoms with van der Waals surface area (Å²) in [6.45, 7) is 1.66. The zero-order valence-electron chi connectivity index (χ0n) is 12.1. The highest BCUT2D eigenvalue weighted by atomic mass is 35.5. The average Bonchev–Trinajstić information content (AvgIpc) is 2.98. The van der Waals surface area contributed by atoms with Crippen LogP contribution in [0.1, 0.15) is 12.6 Å². The standard InChI is InChI=1S/C15H15ClN4O2/c1-14(13(17)21)4-5-15(22-2,7-10(14)16)12-11-9(3-6-18-12)19-8-20-11/h3-8H,1-2H3,(H2,17,21)(H,19,20). The van der Waals surface area contributed by atoms with Crippen LogP contribution in [0.5, 0.6) is 0 Å². The largest absolute Gasteiger partial charge is 0.369 e. The lowest BCUT2D eigenvalue weighted by Gasteiger charge is -2.34. The van der Waals surface area contributed by atoms with Gasteiger partial charge in [-0.1, -0.05) is 17.7 Å². The van der Waals surface area contributed by atoms with Crippen molar-refractivity contribution in [2.24, 2.45) is 11.1 Å². The fraction of sp³-hybridized carbons (Fsp3) is 0.267. The third-order valence-electron chi connectivity index (χ3n) is 4.06. The van der Waals surface area contributed by atoms with Gasteiger partial charge in [0.15, 0.2) is 0 Å². The zero-order valence-corrected chi connectivity index (χ0v) is 12.9. The molecule has 114 valence electrons. The van der Waals surface area contributed by atoms with E-state index in [-0.39, 0.29) is 0 Å². The molecule has 0 aromatic carbocycles. The molecule has 7 heteroatoms. The van der Waals surface area contributed by atoms with Gasteiger partial charge in [0.2, 0.25) is 5.91 Å². The lowest BCUT2D eigenvalue weighted by Crippen LogP contribution is -2.38. The van der Waals surface area contributed by atoms with Crippen molar-refractivity contribution in [2.45, 2.75) is 12.5 Å². The molecule has 0 spiro atoms. The van der Waals surface area contributed by atoms with E-state index in [0.717, 1.165) is 5.52 Å². The minimum atomic E-state index is -1.05. The highest BCUT2D eigenvalue weighted by Crippen LogP contribution is 2.43. The molecular weight excluding hydrogens is 304 g/mol. The number of amides is 1. The van der Waals surface area contributed by atoms with E-state index in [1.54, 1.807) is 44.8 Å². The van der Waals surface area contributed by atoms with Crippen LogP contribution in [-0.4, -0.2) is 28.0 Å². The van der Waals surface area contributed by atoms with Gasteiger partial charge in [-0.25, -0.2) is 4.98 Å². The third kappa shape index (κ3) is 1.95. The van der Waals surface area contributed by atoms with Crippen molar-refractivity contribution in [1.29, 1.82) is 0 Å². The Balaban J connectivity index is 2.20. The number of halogens is 1. The molecule has 6 nitrogen and oxygen atoms in total. The smallest absolute Gasteiger partial charge is 0.232 e. The van der Waals surface area contributed by atoms with E-state index in [1.807, 2.05) is 6.07 Å². The average molecular weight is 319 g/mol. The van der Waals surface area contributed by atoms with Crippen molar-refractivity contribution in [1.82, 2.24) is 15.0 Å². The normalized spacial score (nSPS) is 27.9. The number of carbonyl (C=O) groups excluding carboxylic acids is 1. The van der Waals surface area contributed by atoms with Crippen molar-refractivity contribution in [2.75, 3.05) is 7.11 Å². The monoisotopic (exact) mass is 318 g/mol. The van der Waals surface area contributed by atoms with Gasteiger partial charge in [0.1, 0.15) is 16.8 Å². The molecule has 2 aromatic heterocycles. The van der Waals surface area contributed by atoms with Gasteiger partial charge in [-0.15, -0.1) is 0 Å². The van der Waals surface area contributed by atoms with Gasteiger partial charge in [-0.05, 0) is 25.1 Å². The summed E-state index contributed by atoms with van der Waals surface area (Å²) < 4.78 is 5.67. The first-order valence-electron chi connectivity index (χ1n) is 6.66. The van der Waals surface area contributed by atoms with Gasteiger partial charge in [0.25, 0.3) is 0 Å². The Bertz CT molecular complexity index is 813. The van der Waals surface area contributed by atoms with Crippen molar-refractivity contribution < 1.29 is 9.53 Å². The molecule has 3 rings (SSSR count). The number of nitrogens with one attached hydrogen (secondary N) is 1. The van der Waals surface area contributed by atoms with Gasteiger partial charge >= 0.3 is 0 Å². The van der Waals surface area contributed by atoms with Crippen LogP contribution in [0.25, 0.3) is 11.0 Å². The second-order valence-corrected chi connectivity index (χ2v) is 5.75. The fourth-order valence-electron chi connectivity index (χ4n) is 2.48. The summed E-state index contributed by atoms with van der Waals surface area (Å²) in [4.78, 5) is 23.4. The van der Waals surface area contributed by atoms with Gasteiger partial charge in [0.05, 0.1) is 17.3 Å². The molecule has 0 fully saturated rings. The SMILES string of the molecule is COC1(c2nccc3[nH]cnc23)C=CC(C)(C(N)=O)C(Cl)=C1. The lowest BCUT2D eigenvalue weighted by molar-refractivity contribution is -0.123. The van der Waals surface area contributed by atoms with E-state index in [1.165, 1.54) is 0 Å². The van der Waals surface area contributed by atoms with Crippen LogP contribution in [0.3, 0.4) is 0 Å². The first kappa shape index (κ1) is 14.7. The number of methoxy groups -OCH3 is 1.